The van der Waals surface area contributed by atoms with Gasteiger partial charge >= 0.3 is 0 Å². The predicted molar refractivity (Wildman–Crippen MR) is 197 cm³/mol. The highest BCUT2D eigenvalue weighted by molar-refractivity contribution is 5.79. The van der Waals surface area contributed by atoms with Crippen LogP contribution in [-0.2, 0) is 13.1 Å². The van der Waals surface area contributed by atoms with Crippen LogP contribution in [0.3, 0.4) is 0 Å². The zero-order valence-corrected chi connectivity index (χ0v) is 27.9. The molecule has 0 saturated heterocycles. The van der Waals surface area contributed by atoms with E-state index in [1.54, 1.807) is 0 Å². The van der Waals surface area contributed by atoms with Crippen LogP contribution in [0.25, 0.3) is 21.8 Å². The Labute approximate surface area is 279 Å². The Morgan fingerprint density at radius 2 is 0.957 bits per heavy atom. The molecule has 0 aliphatic rings. The summed E-state index contributed by atoms with van der Waals surface area (Å²) in [6.45, 7) is 5.74. The van der Waals surface area contributed by atoms with Gasteiger partial charge in [0.15, 0.2) is 0 Å². The molecule has 4 aromatic carbocycles. The topological polar surface area (TPSA) is 34.6 Å². The van der Waals surface area contributed by atoms with Gasteiger partial charge in [-0.25, -0.2) is 0 Å². The molecular formula is C43H48N4. The monoisotopic (exact) mass is 620 g/mol. The lowest BCUT2D eigenvalue weighted by atomic mass is 10.1. The third-order valence-corrected chi connectivity index (χ3v) is 9.15. The van der Waals surface area contributed by atoms with Gasteiger partial charge < -0.3 is 9.13 Å². The van der Waals surface area contributed by atoms with Crippen LogP contribution in [0.5, 0.6) is 0 Å². The Morgan fingerprint density at radius 1 is 0.468 bits per heavy atom. The summed E-state index contributed by atoms with van der Waals surface area (Å²) in [5, 5.41) is 4.72. The third kappa shape index (κ3) is 8.77. The maximum atomic E-state index is 5.05. The van der Waals surface area contributed by atoms with Crippen LogP contribution in [0.1, 0.15) is 68.2 Å². The first-order valence-electron chi connectivity index (χ1n) is 17.5. The zero-order valence-electron chi connectivity index (χ0n) is 27.9. The molecule has 6 rings (SSSR count). The fourth-order valence-electron chi connectivity index (χ4n) is 6.59. The number of hydrogen-bond donors (Lipinski definition) is 0. The van der Waals surface area contributed by atoms with E-state index in [4.69, 9.17) is 9.98 Å². The van der Waals surface area contributed by atoms with Gasteiger partial charge in [-0.1, -0.05) is 136 Å². The van der Waals surface area contributed by atoms with Crippen molar-refractivity contribution in [2.45, 2.75) is 71.4 Å². The van der Waals surface area contributed by atoms with Gasteiger partial charge in [-0.2, -0.15) is 0 Å². The van der Waals surface area contributed by atoms with E-state index in [2.05, 4.69) is 144 Å². The molecule has 0 N–H and O–H groups in total. The molecule has 0 aliphatic carbocycles. The van der Waals surface area contributed by atoms with Gasteiger partial charge in [0.05, 0.1) is 21.7 Å². The van der Waals surface area contributed by atoms with E-state index in [1.165, 1.54) is 77.2 Å². The van der Waals surface area contributed by atoms with E-state index in [0.29, 0.717) is 0 Å². The molecule has 0 bridgehead atoms. The summed E-state index contributed by atoms with van der Waals surface area (Å²) in [6, 6.07) is 43.2. The van der Waals surface area contributed by atoms with Crippen LogP contribution < -0.4 is 10.7 Å². The maximum Gasteiger partial charge on any atom is 0.0684 e. The van der Waals surface area contributed by atoms with E-state index < -0.39 is 0 Å². The lowest BCUT2D eigenvalue weighted by molar-refractivity contribution is 0.571. The second-order valence-electron chi connectivity index (χ2n) is 12.7. The molecule has 0 spiro atoms. The maximum absolute atomic E-state index is 5.05. The summed E-state index contributed by atoms with van der Waals surface area (Å²) < 4.78 is 4.73. The first-order chi connectivity index (χ1) is 23.3. The van der Waals surface area contributed by atoms with Crippen LogP contribution in [0, 0.1) is 6.92 Å². The molecule has 0 atom stereocenters. The van der Waals surface area contributed by atoms with Gasteiger partial charge in [0.25, 0.3) is 0 Å². The Hall–Kier alpha value is -4.70. The van der Waals surface area contributed by atoms with Crippen molar-refractivity contribution < 1.29 is 0 Å². The second-order valence-corrected chi connectivity index (χ2v) is 12.7. The second kappa shape index (κ2) is 16.7. The number of aryl methyl sites for hydroxylation is 1. The number of aromatic nitrogens is 2. The molecule has 0 amide bonds. The normalized spacial score (nSPS) is 12.4. The van der Waals surface area contributed by atoms with Gasteiger partial charge in [-0.15, -0.1) is 0 Å². The fourth-order valence-corrected chi connectivity index (χ4v) is 6.59. The number of para-hydroxylation sites is 2. The highest BCUT2D eigenvalue weighted by Gasteiger charge is 2.06. The van der Waals surface area contributed by atoms with Crippen LogP contribution in [0.2, 0.25) is 0 Å². The van der Waals surface area contributed by atoms with E-state index >= 15 is 0 Å². The van der Waals surface area contributed by atoms with Crippen molar-refractivity contribution in [1.82, 2.24) is 9.13 Å². The highest BCUT2D eigenvalue weighted by atomic mass is 15.0. The number of hydrogen-bond acceptors (Lipinski definition) is 2. The minimum atomic E-state index is 0.871. The summed E-state index contributed by atoms with van der Waals surface area (Å²) in [7, 11) is 0. The summed E-state index contributed by atoms with van der Waals surface area (Å²) in [6.07, 6.45) is 12.2. The van der Waals surface area contributed by atoms with Crippen LogP contribution >= 0.6 is 0 Å². The SMILES string of the molecule is Cc1cc(=NCCCCCCCCCCN=c2ccn(Cc3ccccc3)c3ccccc23)c2ccccc2n1Cc1ccccc1. The van der Waals surface area contributed by atoms with Crippen LogP contribution in [-0.4, -0.2) is 22.2 Å². The van der Waals surface area contributed by atoms with E-state index in [-0.39, 0.29) is 0 Å². The van der Waals surface area contributed by atoms with Crippen LogP contribution in [0.15, 0.2) is 138 Å². The molecule has 0 radical (unpaired) electrons. The lowest BCUT2D eigenvalue weighted by Gasteiger charge is -2.15. The number of pyridine rings is 2. The molecule has 2 aromatic heterocycles. The summed E-state index contributed by atoms with van der Waals surface area (Å²) in [5.74, 6) is 0. The van der Waals surface area contributed by atoms with Crippen molar-refractivity contribution in [3.8, 4) is 0 Å². The van der Waals surface area contributed by atoms with E-state index in [1.807, 2.05) is 0 Å². The molecule has 0 fully saturated rings. The standard InChI is InChI=1S/C43H48N4/c1-35-32-41(39-25-15-17-27-43(39)47(35)34-37-22-12-9-13-23-37)45-30-19-7-5-3-2-4-6-18-29-44-40-28-31-46(33-36-20-10-8-11-21-36)42-26-16-14-24-38(40)42/h8-17,20-28,31-32H,2-7,18-19,29-30,33-34H2,1H3. The smallest absolute Gasteiger partial charge is 0.0684 e. The minimum absolute atomic E-state index is 0.871. The van der Waals surface area contributed by atoms with Crippen molar-refractivity contribution in [2.24, 2.45) is 9.98 Å². The third-order valence-electron chi connectivity index (χ3n) is 9.15. The number of fused-ring (bicyclic) bond motifs is 2. The van der Waals surface area contributed by atoms with Crippen molar-refractivity contribution in [1.29, 1.82) is 0 Å². The van der Waals surface area contributed by atoms with E-state index in [0.717, 1.165) is 49.7 Å². The van der Waals surface area contributed by atoms with Gasteiger partial charge in [0, 0.05) is 48.8 Å². The van der Waals surface area contributed by atoms with E-state index in [9.17, 15) is 0 Å². The average molecular weight is 621 g/mol. The Morgan fingerprint density at radius 3 is 1.60 bits per heavy atom. The van der Waals surface area contributed by atoms with Gasteiger partial charge in [-0.05, 0) is 55.2 Å². The largest absolute Gasteiger partial charge is 0.343 e. The number of nitrogens with zero attached hydrogens (tertiary/aromatic N) is 4. The summed E-state index contributed by atoms with van der Waals surface area (Å²) in [5.41, 5.74) is 6.38. The lowest BCUT2D eigenvalue weighted by Crippen LogP contribution is -2.14. The Balaban J connectivity index is 0.918. The van der Waals surface area contributed by atoms with Gasteiger partial charge in [0.2, 0.25) is 0 Å². The fraction of sp³-hybridized carbons (Fsp3) is 0.302. The number of unbranched alkanes of at least 4 members (excludes halogenated alkanes) is 7. The quantitative estimate of drug-likeness (QED) is 0.103. The number of rotatable bonds is 15. The molecule has 0 aliphatic heterocycles. The molecule has 4 nitrogen and oxygen atoms in total. The summed E-state index contributed by atoms with van der Waals surface area (Å²) >= 11 is 0. The molecule has 240 valence electrons. The average Bonchev–Trinajstić information content (AvgIpc) is 3.12. The molecule has 4 heteroatoms. The highest BCUT2D eigenvalue weighted by Crippen LogP contribution is 2.16. The molecule has 0 saturated carbocycles. The van der Waals surface area contributed by atoms with Gasteiger partial charge in [0.1, 0.15) is 0 Å². The van der Waals surface area contributed by atoms with Crippen molar-refractivity contribution in [3.63, 3.8) is 0 Å². The van der Waals surface area contributed by atoms with Crippen molar-refractivity contribution >= 4 is 21.8 Å². The van der Waals surface area contributed by atoms with Crippen LogP contribution in [0.4, 0.5) is 0 Å². The first kappa shape index (κ1) is 32.2. The molecule has 47 heavy (non-hydrogen) atoms. The van der Waals surface area contributed by atoms with Gasteiger partial charge in [-0.3, -0.25) is 9.98 Å². The Bertz CT molecular complexity index is 2000. The molecule has 2 heterocycles. The summed E-state index contributed by atoms with van der Waals surface area (Å²) in [4.78, 5) is 10.1. The van der Waals surface area contributed by atoms with Crippen molar-refractivity contribution in [2.75, 3.05) is 13.1 Å². The number of benzene rings is 4. The first-order valence-corrected chi connectivity index (χ1v) is 17.5. The molecule has 6 aromatic rings. The predicted octanol–water partition coefficient (Wildman–Crippen LogP) is 9.62. The molecular weight excluding hydrogens is 573 g/mol. The van der Waals surface area contributed by atoms with Crippen molar-refractivity contribution in [3.05, 3.63) is 155 Å². The molecule has 0 unspecified atom stereocenters. The zero-order chi connectivity index (χ0) is 32.1. The Kier molecular flexibility index (Phi) is 11.5. The minimum Gasteiger partial charge on any atom is -0.343 e.